The molecule has 0 radical (unpaired) electrons. The van der Waals surface area contributed by atoms with E-state index in [1.165, 1.54) is 12.1 Å². The van der Waals surface area contributed by atoms with Crippen molar-refractivity contribution in [1.29, 1.82) is 0 Å². The first-order valence-electron chi connectivity index (χ1n) is 7.04. The van der Waals surface area contributed by atoms with Gasteiger partial charge in [0.2, 0.25) is 0 Å². The molecule has 0 aliphatic rings. The molecule has 24 heavy (non-hydrogen) atoms. The number of amides is 1. The summed E-state index contributed by atoms with van der Waals surface area (Å²) in [5.41, 5.74) is 0.453. The van der Waals surface area contributed by atoms with E-state index in [1.54, 1.807) is 31.2 Å². The van der Waals surface area contributed by atoms with Crippen LogP contribution in [0.5, 0.6) is 0 Å². The lowest BCUT2D eigenvalue weighted by molar-refractivity contribution is -0.124. The topological polar surface area (TPSA) is 55.4 Å². The monoisotopic (exact) mass is 369 g/mol. The van der Waals surface area contributed by atoms with E-state index in [4.69, 9.17) is 27.9 Å². The highest BCUT2D eigenvalue weighted by Gasteiger charge is 2.19. The maximum Gasteiger partial charge on any atom is 0.343 e. The number of halogens is 3. The van der Waals surface area contributed by atoms with Crippen LogP contribution in [-0.4, -0.2) is 18.5 Å². The minimum absolute atomic E-state index is 0.0741. The van der Waals surface area contributed by atoms with Gasteiger partial charge in [-0.25, -0.2) is 9.18 Å². The maximum absolute atomic E-state index is 13.6. The van der Waals surface area contributed by atoms with Crippen LogP contribution in [0.25, 0.3) is 0 Å². The summed E-state index contributed by atoms with van der Waals surface area (Å²) < 4.78 is 18.4. The van der Waals surface area contributed by atoms with Crippen molar-refractivity contribution in [3.63, 3.8) is 0 Å². The van der Waals surface area contributed by atoms with Crippen LogP contribution in [0.4, 0.5) is 4.39 Å². The van der Waals surface area contributed by atoms with Crippen molar-refractivity contribution >= 4 is 35.1 Å². The lowest BCUT2D eigenvalue weighted by atomic mass is 10.1. The molecule has 0 aliphatic heterocycles. The Morgan fingerprint density at radius 1 is 1.17 bits per heavy atom. The van der Waals surface area contributed by atoms with Gasteiger partial charge in [-0.15, -0.1) is 0 Å². The SMILES string of the molecule is CC(NC(=O)COC(=O)c1c(F)cccc1Cl)c1ccc(Cl)cc1. The highest BCUT2D eigenvalue weighted by molar-refractivity contribution is 6.33. The molecule has 0 heterocycles. The van der Waals surface area contributed by atoms with Crippen molar-refractivity contribution in [2.75, 3.05) is 6.61 Å². The first-order valence-corrected chi connectivity index (χ1v) is 7.80. The molecule has 0 spiro atoms. The van der Waals surface area contributed by atoms with Crippen LogP contribution in [0.2, 0.25) is 10.0 Å². The second-order valence-corrected chi connectivity index (χ2v) is 5.86. The van der Waals surface area contributed by atoms with Crippen LogP contribution in [0.3, 0.4) is 0 Å². The Balaban J connectivity index is 1.91. The second kappa shape index (κ2) is 8.13. The van der Waals surface area contributed by atoms with Crippen molar-refractivity contribution in [2.45, 2.75) is 13.0 Å². The average molecular weight is 370 g/mol. The van der Waals surface area contributed by atoms with E-state index < -0.39 is 29.9 Å². The second-order valence-electron chi connectivity index (χ2n) is 5.01. The minimum atomic E-state index is -0.993. The molecule has 1 N–H and O–H groups in total. The van der Waals surface area contributed by atoms with Gasteiger partial charge in [0.25, 0.3) is 5.91 Å². The fourth-order valence-electron chi connectivity index (χ4n) is 2.01. The summed E-state index contributed by atoms with van der Waals surface area (Å²) in [4.78, 5) is 23.7. The quantitative estimate of drug-likeness (QED) is 0.804. The van der Waals surface area contributed by atoms with Crippen molar-refractivity contribution in [2.24, 2.45) is 0 Å². The Morgan fingerprint density at radius 2 is 1.83 bits per heavy atom. The van der Waals surface area contributed by atoms with E-state index >= 15 is 0 Å². The Morgan fingerprint density at radius 3 is 2.46 bits per heavy atom. The Kier molecular flexibility index (Phi) is 6.17. The number of hydrogen-bond acceptors (Lipinski definition) is 3. The molecule has 7 heteroatoms. The van der Waals surface area contributed by atoms with E-state index in [9.17, 15) is 14.0 Å². The summed E-state index contributed by atoms with van der Waals surface area (Å²) in [6.07, 6.45) is 0. The first kappa shape index (κ1) is 18.2. The number of carbonyl (C=O) groups excluding carboxylic acids is 2. The Hall–Kier alpha value is -2.11. The van der Waals surface area contributed by atoms with Crippen LogP contribution >= 0.6 is 23.2 Å². The van der Waals surface area contributed by atoms with Crippen molar-refractivity contribution in [3.8, 4) is 0 Å². The van der Waals surface area contributed by atoms with Crippen molar-refractivity contribution in [1.82, 2.24) is 5.32 Å². The molecule has 1 atom stereocenters. The van der Waals surface area contributed by atoms with Gasteiger partial charge < -0.3 is 10.1 Å². The molecule has 2 rings (SSSR count). The van der Waals surface area contributed by atoms with E-state index in [-0.39, 0.29) is 11.1 Å². The van der Waals surface area contributed by atoms with E-state index in [0.717, 1.165) is 11.6 Å². The summed E-state index contributed by atoms with van der Waals surface area (Å²) in [5.74, 6) is -2.31. The zero-order chi connectivity index (χ0) is 17.7. The van der Waals surface area contributed by atoms with Gasteiger partial charge >= 0.3 is 5.97 Å². The molecule has 1 amide bonds. The van der Waals surface area contributed by atoms with Crippen molar-refractivity contribution in [3.05, 3.63) is 69.5 Å². The van der Waals surface area contributed by atoms with Crippen LogP contribution in [0, 0.1) is 5.82 Å². The molecule has 0 saturated heterocycles. The molecule has 0 aromatic heterocycles. The molecular weight excluding hydrogens is 356 g/mol. The fourth-order valence-corrected chi connectivity index (χ4v) is 2.38. The van der Waals surface area contributed by atoms with Gasteiger partial charge in [0, 0.05) is 5.02 Å². The maximum atomic E-state index is 13.6. The summed E-state index contributed by atoms with van der Waals surface area (Å²) >= 11 is 11.6. The molecule has 0 saturated carbocycles. The predicted octanol–water partition coefficient (Wildman–Crippen LogP) is 4.17. The number of rotatable bonds is 5. The molecule has 2 aromatic carbocycles. The van der Waals surface area contributed by atoms with Crippen LogP contribution in [0.1, 0.15) is 28.9 Å². The number of hydrogen-bond donors (Lipinski definition) is 1. The molecular formula is C17H14Cl2FNO3. The van der Waals surface area contributed by atoms with Gasteiger partial charge in [-0.2, -0.15) is 0 Å². The molecule has 2 aromatic rings. The smallest absolute Gasteiger partial charge is 0.343 e. The highest BCUT2D eigenvalue weighted by atomic mass is 35.5. The molecule has 0 bridgehead atoms. The number of esters is 1. The highest BCUT2D eigenvalue weighted by Crippen LogP contribution is 2.20. The van der Waals surface area contributed by atoms with Gasteiger partial charge in [0.1, 0.15) is 11.4 Å². The number of nitrogens with one attached hydrogen (secondary N) is 1. The summed E-state index contributed by atoms with van der Waals surface area (Å²) in [5, 5.41) is 3.18. The molecule has 126 valence electrons. The fraction of sp³-hybridized carbons (Fsp3) is 0.176. The predicted molar refractivity (Wildman–Crippen MR) is 89.7 cm³/mol. The molecule has 0 fully saturated rings. The van der Waals surface area contributed by atoms with Crippen molar-refractivity contribution < 1.29 is 18.7 Å². The standard InChI is InChI=1S/C17H14Cl2FNO3/c1-10(11-5-7-12(18)8-6-11)21-15(22)9-24-17(23)16-13(19)3-2-4-14(16)20/h2-8,10H,9H2,1H3,(H,21,22). The zero-order valence-corrected chi connectivity index (χ0v) is 14.2. The third kappa shape index (κ3) is 4.69. The molecule has 4 nitrogen and oxygen atoms in total. The van der Waals surface area contributed by atoms with Gasteiger partial charge in [0.15, 0.2) is 6.61 Å². The average Bonchev–Trinajstić information content (AvgIpc) is 2.53. The Labute approximate surface area is 148 Å². The molecule has 1 unspecified atom stereocenters. The Bertz CT molecular complexity index is 730. The lowest BCUT2D eigenvalue weighted by Crippen LogP contribution is -2.31. The first-order chi connectivity index (χ1) is 11.4. The summed E-state index contributed by atoms with van der Waals surface area (Å²) in [6.45, 7) is 1.23. The van der Waals surface area contributed by atoms with Gasteiger partial charge in [-0.1, -0.05) is 41.4 Å². The largest absolute Gasteiger partial charge is 0.452 e. The number of carbonyl (C=O) groups is 2. The van der Waals surface area contributed by atoms with E-state index in [0.29, 0.717) is 5.02 Å². The van der Waals surface area contributed by atoms with Gasteiger partial charge in [-0.3, -0.25) is 4.79 Å². The summed E-state index contributed by atoms with van der Waals surface area (Å²) in [6, 6.07) is 10.5. The zero-order valence-electron chi connectivity index (χ0n) is 12.7. The number of ether oxygens (including phenoxy) is 1. The van der Waals surface area contributed by atoms with Gasteiger partial charge in [-0.05, 0) is 36.8 Å². The van der Waals surface area contributed by atoms with E-state index in [2.05, 4.69) is 5.32 Å². The van der Waals surface area contributed by atoms with Crippen LogP contribution < -0.4 is 5.32 Å². The van der Waals surface area contributed by atoms with Gasteiger partial charge in [0.05, 0.1) is 11.1 Å². The normalized spacial score (nSPS) is 11.7. The summed E-state index contributed by atoms with van der Waals surface area (Å²) in [7, 11) is 0. The molecule has 0 aliphatic carbocycles. The minimum Gasteiger partial charge on any atom is -0.452 e. The van der Waals surface area contributed by atoms with E-state index in [1.807, 2.05) is 0 Å². The third-order valence-corrected chi connectivity index (χ3v) is 3.82. The van der Waals surface area contributed by atoms with Crippen LogP contribution in [0.15, 0.2) is 42.5 Å². The number of benzene rings is 2. The third-order valence-electron chi connectivity index (χ3n) is 3.25. The van der Waals surface area contributed by atoms with Crippen LogP contribution in [-0.2, 0) is 9.53 Å². The lowest BCUT2D eigenvalue weighted by Gasteiger charge is -2.14.